The number of rotatable bonds is 5. The lowest BCUT2D eigenvalue weighted by Gasteiger charge is -2.05. The molecule has 0 bridgehead atoms. The van der Waals surface area contributed by atoms with E-state index in [0.717, 1.165) is 0 Å². The van der Waals surface area contributed by atoms with E-state index in [1.165, 1.54) is 4.68 Å². The van der Waals surface area contributed by atoms with Gasteiger partial charge in [0.15, 0.2) is 5.69 Å². The van der Waals surface area contributed by atoms with E-state index < -0.39 is 18.0 Å². The van der Waals surface area contributed by atoms with Gasteiger partial charge in [0.25, 0.3) is 5.91 Å². The normalized spacial score (nSPS) is 9.95. The maximum absolute atomic E-state index is 11.5. The van der Waals surface area contributed by atoms with Crippen molar-refractivity contribution in [3.05, 3.63) is 11.4 Å². The van der Waals surface area contributed by atoms with Gasteiger partial charge in [0, 0.05) is 0 Å². The molecule has 110 valence electrons. The zero-order valence-corrected chi connectivity index (χ0v) is 11.5. The maximum atomic E-state index is 11.5. The number of nitrogens with one attached hydrogen (secondary N) is 1. The van der Waals surface area contributed by atoms with Crippen molar-refractivity contribution < 1.29 is 23.9 Å². The van der Waals surface area contributed by atoms with Crippen LogP contribution in [0.2, 0.25) is 0 Å². The van der Waals surface area contributed by atoms with Gasteiger partial charge < -0.3 is 9.47 Å². The Morgan fingerprint density at radius 2 is 1.85 bits per heavy atom. The van der Waals surface area contributed by atoms with Crippen LogP contribution in [-0.4, -0.2) is 46.2 Å². The number of imide groups is 1. The summed E-state index contributed by atoms with van der Waals surface area (Å²) in [6.07, 6.45) is -0.833. The van der Waals surface area contributed by atoms with Crippen molar-refractivity contribution in [2.24, 2.45) is 0 Å². The van der Waals surface area contributed by atoms with Crippen LogP contribution in [0.25, 0.3) is 0 Å². The first-order chi connectivity index (χ1) is 9.49. The maximum Gasteiger partial charge on any atom is 0.413 e. The van der Waals surface area contributed by atoms with E-state index in [2.05, 4.69) is 15.0 Å². The van der Waals surface area contributed by atoms with Gasteiger partial charge in [-0.2, -0.15) is 0 Å². The Morgan fingerprint density at radius 1 is 1.20 bits per heavy atom. The SMILES string of the molecule is CCOC(=O)NC(=O)Cn1nnc(C(=O)OCC)c1C. The molecule has 20 heavy (non-hydrogen) atoms. The molecule has 1 heterocycles. The summed E-state index contributed by atoms with van der Waals surface area (Å²) in [5.74, 6) is -1.23. The fourth-order valence-electron chi connectivity index (χ4n) is 1.36. The predicted molar refractivity (Wildman–Crippen MR) is 65.9 cm³/mol. The predicted octanol–water partition coefficient (Wildman–Crippen LogP) is 0.0359. The second-order valence-corrected chi connectivity index (χ2v) is 3.67. The molecule has 9 heteroatoms. The van der Waals surface area contributed by atoms with Crippen LogP contribution in [0.5, 0.6) is 0 Å². The Hall–Kier alpha value is -2.45. The molecular weight excluding hydrogens is 268 g/mol. The van der Waals surface area contributed by atoms with Crippen molar-refractivity contribution in [2.75, 3.05) is 13.2 Å². The lowest BCUT2D eigenvalue weighted by Crippen LogP contribution is -2.34. The number of alkyl carbamates (subject to hydrolysis) is 1. The van der Waals surface area contributed by atoms with Gasteiger partial charge in [0.05, 0.1) is 18.9 Å². The highest BCUT2D eigenvalue weighted by molar-refractivity contribution is 5.92. The highest BCUT2D eigenvalue weighted by Crippen LogP contribution is 2.05. The first-order valence-electron chi connectivity index (χ1n) is 6.03. The Balaban J connectivity index is 2.67. The van der Waals surface area contributed by atoms with Gasteiger partial charge in [-0.1, -0.05) is 5.21 Å². The van der Waals surface area contributed by atoms with Crippen molar-refractivity contribution >= 4 is 18.0 Å². The molecule has 0 spiro atoms. The van der Waals surface area contributed by atoms with Crippen molar-refractivity contribution in [2.45, 2.75) is 27.3 Å². The minimum Gasteiger partial charge on any atom is -0.461 e. The zero-order valence-electron chi connectivity index (χ0n) is 11.5. The van der Waals surface area contributed by atoms with E-state index in [1.807, 2.05) is 5.32 Å². The van der Waals surface area contributed by atoms with Crippen molar-refractivity contribution in [3.8, 4) is 0 Å². The molecule has 0 radical (unpaired) electrons. The standard InChI is InChI=1S/C11H16N4O5/c1-4-19-10(17)9-7(3)15(14-13-9)6-8(16)12-11(18)20-5-2/h4-6H2,1-3H3,(H,12,16,18). The van der Waals surface area contributed by atoms with E-state index in [0.29, 0.717) is 5.69 Å². The summed E-state index contributed by atoms with van der Waals surface area (Å²) in [5, 5.41) is 9.33. The molecular formula is C11H16N4O5. The molecule has 0 saturated heterocycles. The third kappa shape index (κ3) is 4.04. The third-order valence-corrected chi connectivity index (χ3v) is 2.26. The van der Waals surface area contributed by atoms with Gasteiger partial charge in [-0.3, -0.25) is 10.1 Å². The third-order valence-electron chi connectivity index (χ3n) is 2.26. The van der Waals surface area contributed by atoms with E-state index in [9.17, 15) is 14.4 Å². The lowest BCUT2D eigenvalue weighted by molar-refractivity contribution is -0.121. The van der Waals surface area contributed by atoms with E-state index in [1.54, 1.807) is 20.8 Å². The van der Waals surface area contributed by atoms with Gasteiger partial charge in [-0.05, 0) is 20.8 Å². The molecule has 0 aliphatic rings. The molecule has 1 N–H and O–H groups in total. The van der Waals surface area contributed by atoms with Gasteiger partial charge in [0.2, 0.25) is 0 Å². The van der Waals surface area contributed by atoms with E-state index in [-0.39, 0.29) is 25.5 Å². The minimum atomic E-state index is -0.833. The van der Waals surface area contributed by atoms with Crippen molar-refractivity contribution in [3.63, 3.8) is 0 Å². The number of hydrogen-bond donors (Lipinski definition) is 1. The average Bonchev–Trinajstić information content (AvgIpc) is 2.71. The summed E-state index contributed by atoms with van der Waals surface area (Å²) in [5.41, 5.74) is 0.415. The molecule has 1 aromatic rings. The molecule has 9 nitrogen and oxygen atoms in total. The van der Waals surface area contributed by atoms with Crippen LogP contribution in [0.3, 0.4) is 0 Å². The molecule has 0 aromatic carbocycles. The Kier molecular flexibility index (Phi) is 5.63. The summed E-state index contributed by atoms with van der Waals surface area (Å²) < 4.78 is 10.6. The number of nitrogens with zero attached hydrogens (tertiary/aromatic N) is 3. The van der Waals surface area contributed by atoms with Crippen LogP contribution >= 0.6 is 0 Å². The number of esters is 1. The summed E-state index contributed by atoms with van der Waals surface area (Å²) in [6.45, 7) is 4.99. The average molecular weight is 284 g/mol. The molecule has 2 amide bonds. The molecule has 0 aliphatic carbocycles. The summed E-state index contributed by atoms with van der Waals surface area (Å²) in [6, 6.07) is 0. The number of carbonyl (C=O) groups excluding carboxylic acids is 3. The summed E-state index contributed by atoms with van der Waals surface area (Å²) in [7, 11) is 0. The summed E-state index contributed by atoms with van der Waals surface area (Å²) in [4.78, 5) is 34.1. The van der Waals surface area contributed by atoms with Crippen LogP contribution in [0.4, 0.5) is 4.79 Å². The molecule has 0 unspecified atom stereocenters. The molecule has 1 aromatic heterocycles. The molecule has 0 aliphatic heterocycles. The number of amides is 2. The quantitative estimate of drug-likeness (QED) is 0.759. The number of ether oxygens (including phenoxy) is 2. The van der Waals surface area contributed by atoms with E-state index in [4.69, 9.17) is 4.74 Å². The van der Waals surface area contributed by atoms with E-state index >= 15 is 0 Å². The van der Waals surface area contributed by atoms with Crippen molar-refractivity contribution in [1.82, 2.24) is 20.3 Å². The van der Waals surface area contributed by atoms with Crippen LogP contribution < -0.4 is 5.32 Å². The van der Waals surface area contributed by atoms with Gasteiger partial charge in [0.1, 0.15) is 6.54 Å². The zero-order chi connectivity index (χ0) is 15.1. The van der Waals surface area contributed by atoms with Gasteiger partial charge >= 0.3 is 12.1 Å². The lowest BCUT2D eigenvalue weighted by atomic mass is 10.3. The smallest absolute Gasteiger partial charge is 0.413 e. The van der Waals surface area contributed by atoms with Gasteiger partial charge in [-0.25, -0.2) is 14.3 Å². The second-order valence-electron chi connectivity index (χ2n) is 3.67. The van der Waals surface area contributed by atoms with Crippen LogP contribution in [0.15, 0.2) is 0 Å². The Labute approximate surface area is 115 Å². The van der Waals surface area contributed by atoms with Crippen LogP contribution in [-0.2, 0) is 20.8 Å². The van der Waals surface area contributed by atoms with Gasteiger partial charge in [-0.15, -0.1) is 5.10 Å². The molecule has 0 saturated carbocycles. The largest absolute Gasteiger partial charge is 0.461 e. The number of aromatic nitrogens is 3. The molecule has 0 atom stereocenters. The number of carbonyl (C=O) groups is 3. The number of hydrogen-bond acceptors (Lipinski definition) is 7. The fourth-order valence-corrected chi connectivity index (χ4v) is 1.36. The Morgan fingerprint density at radius 3 is 2.45 bits per heavy atom. The molecule has 1 rings (SSSR count). The minimum absolute atomic E-state index is 0.0378. The highest BCUT2D eigenvalue weighted by Gasteiger charge is 2.19. The summed E-state index contributed by atoms with van der Waals surface area (Å²) >= 11 is 0. The monoisotopic (exact) mass is 284 g/mol. The fraction of sp³-hybridized carbons (Fsp3) is 0.545. The topological polar surface area (TPSA) is 112 Å². The highest BCUT2D eigenvalue weighted by atomic mass is 16.5. The van der Waals surface area contributed by atoms with Crippen molar-refractivity contribution in [1.29, 1.82) is 0 Å². The second kappa shape index (κ2) is 7.22. The first kappa shape index (κ1) is 15.6. The first-order valence-corrected chi connectivity index (χ1v) is 6.03. The van der Waals surface area contributed by atoms with Crippen LogP contribution in [0.1, 0.15) is 30.0 Å². The van der Waals surface area contributed by atoms with Crippen LogP contribution in [0, 0.1) is 6.92 Å². The molecule has 0 fully saturated rings. The Bertz CT molecular complexity index is 511.